The highest BCUT2D eigenvalue weighted by atomic mass is 16.5. The molecule has 0 aliphatic heterocycles. The fourth-order valence-corrected chi connectivity index (χ4v) is 2.59. The van der Waals surface area contributed by atoms with Crippen LogP contribution in [0.4, 0.5) is 10.5 Å². The van der Waals surface area contributed by atoms with E-state index in [1.807, 2.05) is 38.1 Å². The van der Waals surface area contributed by atoms with Gasteiger partial charge in [0.05, 0.1) is 20.3 Å². The Kier molecular flexibility index (Phi) is 6.16. The number of aryl methyl sites for hydroxylation is 1. The number of carbonyl (C=O) groups is 1. The molecule has 3 rings (SSSR count). The summed E-state index contributed by atoms with van der Waals surface area (Å²) in [5.41, 5.74) is 2.19. The highest BCUT2D eigenvalue weighted by Crippen LogP contribution is 2.24. The fraction of sp³-hybridized carbons (Fsp3) is 0.238. The monoisotopic (exact) mass is 381 g/mol. The molecule has 1 heterocycles. The summed E-state index contributed by atoms with van der Waals surface area (Å²) < 4.78 is 16.3. The van der Waals surface area contributed by atoms with E-state index in [-0.39, 0.29) is 12.6 Å². The topological polar surface area (TPSA) is 85.6 Å². The summed E-state index contributed by atoms with van der Waals surface area (Å²) >= 11 is 0. The van der Waals surface area contributed by atoms with Crippen molar-refractivity contribution in [2.24, 2.45) is 0 Å². The number of methoxy groups -OCH3 is 1. The van der Waals surface area contributed by atoms with Crippen molar-refractivity contribution in [3.63, 3.8) is 0 Å². The number of hydrogen-bond donors (Lipinski definition) is 2. The van der Waals surface area contributed by atoms with Crippen LogP contribution in [0.2, 0.25) is 0 Å². The molecule has 0 radical (unpaired) electrons. The second-order valence-electron chi connectivity index (χ2n) is 6.02. The lowest BCUT2D eigenvalue weighted by molar-refractivity contribution is 0.251. The molecule has 0 spiro atoms. The van der Waals surface area contributed by atoms with Crippen LogP contribution >= 0.6 is 0 Å². The van der Waals surface area contributed by atoms with Gasteiger partial charge in [-0.2, -0.15) is 0 Å². The number of urea groups is 1. The van der Waals surface area contributed by atoms with Crippen LogP contribution in [0.3, 0.4) is 0 Å². The molecular formula is C21H23N3O4. The zero-order valence-electron chi connectivity index (χ0n) is 16.1. The zero-order chi connectivity index (χ0) is 19.9. The average molecular weight is 381 g/mol. The largest absolute Gasteiger partial charge is 0.497 e. The van der Waals surface area contributed by atoms with Gasteiger partial charge in [-0.25, -0.2) is 9.78 Å². The van der Waals surface area contributed by atoms with Crippen LogP contribution in [0, 0.1) is 6.92 Å². The molecule has 0 unspecified atom stereocenters. The van der Waals surface area contributed by atoms with E-state index in [0.717, 1.165) is 17.1 Å². The Bertz CT molecular complexity index is 918. The number of rotatable bonds is 7. The molecule has 0 aliphatic rings. The molecule has 28 heavy (non-hydrogen) atoms. The predicted molar refractivity (Wildman–Crippen MR) is 107 cm³/mol. The first-order chi connectivity index (χ1) is 13.6. The molecule has 0 fully saturated rings. The summed E-state index contributed by atoms with van der Waals surface area (Å²) in [7, 11) is 1.59. The molecule has 0 saturated heterocycles. The highest BCUT2D eigenvalue weighted by molar-refractivity contribution is 5.89. The van der Waals surface area contributed by atoms with Gasteiger partial charge in [-0.15, -0.1) is 0 Å². The summed E-state index contributed by atoms with van der Waals surface area (Å²) in [5, 5.41) is 5.55. The minimum atomic E-state index is -0.324. The van der Waals surface area contributed by atoms with Crippen molar-refractivity contribution >= 4 is 11.7 Å². The maximum atomic E-state index is 12.1. The van der Waals surface area contributed by atoms with Crippen molar-refractivity contribution in [3.8, 4) is 23.0 Å². The number of aromatic nitrogens is 1. The Labute approximate surface area is 163 Å². The lowest BCUT2D eigenvalue weighted by Crippen LogP contribution is -2.28. The number of anilines is 1. The van der Waals surface area contributed by atoms with Crippen LogP contribution in [0.5, 0.6) is 11.5 Å². The number of nitrogens with one attached hydrogen (secondary N) is 2. The number of ether oxygens (including phenoxy) is 2. The van der Waals surface area contributed by atoms with Crippen molar-refractivity contribution in [2.75, 3.05) is 19.0 Å². The van der Waals surface area contributed by atoms with Crippen LogP contribution in [0.25, 0.3) is 11.5 Å². The molecule has 3 aromatic rings. The summed E-state index contributed by atoms with van der Waals surface area (Å²) in [5.74, 6) is 2.69. The predicted octanol–water partition coefficient (Wildman–Crippen LogP) is 4.38. The molecule has 0 saturated carbocycles. The van der Waals surface area contributed by atoms with Gasteiger partial charge in [-0.05, 0) is 62.4 Å². The smallest absolute Gasteiger partial charge is 0.319 e. The molecule has 0 aliphatic carbocycles. The second kappa shape index (κ2) is 8.94. The number of nitrogens with zero attached hydrogens (tertiary/aromatic N) is 1. The van der Waals surface area contributed by atoms with E-state index < -0.39 is 0 Å². The quantitative estimate of drug-likeness (QED) is 0.634. The van der Waals surface area contributed by atoms with Crippen molar-refractivity contribution < 1.29 is 18.7 Å². The summed E-state index contributed by atoms with van der Waals surface area (Å²) in [4.78, 5) is 16.6. The van der Waals surface area contributed by atoms with Gasteiger partial charge in [-0.3, -0.25) is 0 Å². The third-order valence-electron chi connectivity index (χ3n) is 4.07. The minimum Gasteiger partial charge on any atom is -0.497 e. The summed E-state index contributed by atoms with van der Waals surface area (Å²) in [6, 6.07) is 14.3. The maximum absolute atomic E-state index is 12.1. The van der Waals surface area contributed by atoms with Gasteiger partial charge in [0.2, 0.25) is 5.89 Å². The number of amides is 2. The van der Waals surface area contributed by atoms with Crippen molar-refractivity contribution in [1.82, 2.24) is 10.3 Å². The van der Waals surface area contributed by atoms with Crippen molar-refractivity contribution in [2.45, 2.75) is 20.4 Å². The second-order valence-corrected chi connectivity index (χ2v) is 6.02. The lowest BCUT2D eigenvalue weighted by Gasteiger charge is -2.07. The zero-order valence-corrected chi connectivity index (χ0v) is 16.1. The van der Waals surface area contributed by atoms with Crippen LogP contribution in [0.1, 0.15) is 18.4 Å². The highest BCUT2D eigenvalue weighted by Gasteiger charge is 2.13. The Morgan fingerprint density at radius 3 is 2.39 bits per heavy atom. The van der Waals surface area contributed by atoms with Gasteiger partial charge in [0.15, 0.2) is 0 Å². The standard InChI is InChI=1S/C21H23N3O4/c1-4-27-18-9-5-15(6-10-18)20-24-19(14(2)28-20)13-22-21(25)23-16-7-11-17(26-3)12-8-16/h5-12H,4,13H2,1-3H3,(H2,22,23,25). The summed E-state index contributed by atoms with van der Waals surface area (Å²) in [6.45, 7) is 4.64. The first-order valence-electron chi connectivity index (χ1n) is 8.97. The van der Waals surface area contributed by atoms with Crippen molar-refractivity contribution in [3.05, 3.63) is 60.0 Å². The van der Waals surface area contributed by atoms with Gasteiger partial charge in [0.1, 0.15) is 23.0 Å². The fourth-order valence-electron chi connectivity index (χ4n) is 2.59. The molecule has 7 heteroatoms. The van der Waals surface area contributed by atoms with Crippen LogP contribution in [-0.2, 0) is 6.54 Å². The van der Waals surface area contributed by atoms with E-state index >= 15 is 0 Å². The molecule has 1 aromatic heterocycles. The van der Waals surface area contributed by atoms with Gasteiger partial charge in [-0.1, -0.05) is 0 Å². The van der Waals surface area contributed by atoms with E-state index in [2.05, 4.69) is 15.6 Å². The maximum Gasteiger partial charge on any atom is 0.319 e. The lowest BCUT2D eigenvalue weighted by atomic mass is 10.2. The van der Waals surface area contributed by atoms with E-state index in [0.29, 0.717) is 29.6 Å². The molecule has 0 atom stereocenters. The normalized spacial score (nSPS) is 10.4. The molecule has 2 aromatic carbocycles. The number of oxazole rings is 1. The molecule has 2 amide bonds. The van der Waals surface area contributed by atoms with Crippen LogP contribution in [-0.4, -0.2) is 24.7 Å². The Morgan fingerprint density at radius 2 is 1.75 bits per heavy atom. The third kappa shape index (κ3) is 4.82. The molecule has 2 N–H and O–H groups in total. The average Bonchev–Trinajstić information content (AvgIpc) is 3.08. The molecular weight excluding hydrogens is 358 g/mol. The van der Waals surface area contributed by atoms with E-state index in [9.17, 15) is 4.79 Å². The van der Waals surface area contributed by atoms with Crippen molar-refractivity contribution in [1.29, 1.82) is 0 Å². The number of carbonyl (C=O) groups excluding carboxylic acids is 1. The first kappa shape index (κ1) is 19.3. The summed E-state index contributed by atoms with van der Waals surface area (Å²) in [6.07, 6.45) is 0. The van der Waals surface area contributed by atoms with Gasteiger partial charge in [0, 0.05) is 11.3 Å². The number of benzene rings is 2. The third-order valence-corrected chi connectivity index (χ3v) is 4.07. The van der Waals surface area contributed by atoms with Gasteiger partial charge >= 0.3 is 6.03 Å². The molecule has 0 bridgehead atoms. The first-order valence-corrected chi connectivity index (χ1v) is 8.97. The molecule has 7 nitrogen and oxygen atoms in total. The Hall–Kier alpha value is -3.48. The Balaban J connectivity index is 1.59. The molecule has 146 valence electrons. The van der Waals surface area contributed by atoms with Gasteiger partial charge < -0.3 is 24.5 Å². The van der Waals surface area contributed by atoms with Crippen LogP contribution < -0.4 is 20.1 Å². The minimum absolute atomic E-state index is 0.258. The van der Waals surface area contributed by atoms with E-state index in [1.54, 1.807) is 31.4 Å². The van der Waals surface area contributed by atoms with Gasteiger partial charge in [0.25, 0.3) is 0 Å². The van der Waals surface area contributed by atoms with E-state index in [4.69, 9.17) is 13.9 Å². The SMILES string of the molecule is CCOc1ccc(-c2nc(CNC(=O)Nc3ccc(OC)cc3)c(C)o2)cc1. The van der Waals surface area contributed by atoms with E-state index in [1.165, 1.54) is 0 Å². The number of hydrogen-bond acceptors (Lipinski definition) is 5. The van der Waals surface area contributed by atoms with Crippen LogP contribution in [0.15, 0.2) is 52.9 Å². The Morgan fingerprint density at radius 1 is 1.07 bits per heavy atom.